The van der Waals surface area contributed by atoms with Crippen molar-refractivity contribution in [3.05, 3.63) is 12.3 Å². The van der Waals surface area contributed by atoms with Crippen molar-refractivity contribution >= 4 is 17.4 Å². The Bertz CT molecular complexity index is 176. The quantitative estimate of drug-likeness (QED) is 0.371. The largest absolute Gasteiger partial charge is 0.502 e. The summed E-state index contributed by atoms with van der Waals surface area (Å²) in [5, 5.41) is 0. The van der Waals surface area contributed by atoms with Crippen molar-refractivity contribution in [2.24, 2.45) is 0 Å². The molecule has 0 bridgehead atoms. The maximum atomic E-state index is 6.07. The molecule has 0 radical (unpaired) electrons. The third kappa shape index (κ3) is 11.9. The molecule has 1 unspecified atom stereocenters. The molecule has 0 aliphatic carbocycles. The lowest BCUT2D eigenvalue weighted by atomic mass is 10.5. The van der Waals surface area contributed by atoms with Gasteiger partial charge in [0.2, 0.25) is 0 Å². The number of hydrogen-bond donors (Lipinski definition) is 0. The summed E-state index contributed by atoms with van der Waals surface area (Å²) in [6.45, 7) is 12.0. The Kier molecular flexibility index (Phi) is 8.09. The van der Waals surface area contributed by atoms with E-state index in [9.17, 15) is 0 Å². The molecule has 0 spiro atoms. The number of hydrogen-bond acceptors (Lipinski definition) is 2. The third-order valence-corrected chi connectivity index (χ3v) is 7.51. The molecule has 15 heavy (non-hydrogen) atoms. The predicted octanol–water partition coefficient (Wildman–Crippen LogP) is 3.52. The minimum Gasteiger partial charge on any atom is -0.502 e. The second-order valence-corrected chi connectivity index (χ2v) is 12.2. The molecule has 0 aliphatic rings. The van der Waals surface area contributed by atoms with Crippen molar-refractivity contribution in [1.82, 2.24) is 0 Å². The van der Waals surface area contributed by atoms with Gasteiger partial charge in [0.05, 0.1) is 12.9 Å². The van der Waals surface area contributed by atoms with Gasteiger partial charge in [-0.15, -0.1) is 0 Å². The summed E-state index contributed by atoms with van der Waals surface area (Å²) in [7, 11) is -2.22. The molecule has 2 nitrogen and oxygen atoms in total. The van der Waals surface area contributed by atoms with Gasteiger partial charge in [-0.2, -0.15) is 0 Å². The summed E-state index contributed by atoms with van der Waals surface area (Å²) in [5.74, 6) is 0. The molecule has 0 fully saturated rings. The van der Waals surface area contributed by atoms with E-state index in [4.69, 9.17) is 8.85 Å². The Morgan fingerprint density at radius 3 is 2.47 bits per heavy atom. The van der Waals surface area contributed by atoms with Crippen molar-refractivity contribution in [1.29, 1.82) is 0 Å². The zero-order valence-electron chi connectivity index (χ0n) is 10.9. The van der Waals surface area contributed by atoms with E-state index in [1.807, 2.05) is 12.3 Å². The van der Waals surface area contributed by atoms with Crippen molar-refractivity contribution in [2.45, 2.75) is 52.0 Å². The Balaban J connectivity index is 3.39. The first-order valence-corrected chi connectivity index (χ1v) is 11.7. The number of ether oxygens (including phenoxy) is 1. The molecule has 0 rings (SSSR count). The number of allylic oxidation sites excluding steroid dienone is 1. The van der Waals surface area contributed by atoms with Gasteiger partial charge in [0.1, 0.15) is 0 Å². The topological polar surface area (TPSA) is 18.5 Å². The number of rotatable bonds is 8. The van der Waals surface area contributed by atoms with E-state index in [1.54, 1.807) is 0 Å². The zero-order valence-corrected chi connectivity index (χ0v) is 13.0. The van der Waals surface area contributed by atoms with Crippen LogP contribution in [0.4, 0.5) is 0 Å². The molecule has 0 saturated carbocycles. The molecule has 0 aromatic carbocycles. The summed E-state index contributed by atoms with van der Waals surface area (Å²) in [6.07, 6.45) is 6.03. The first-order valence-electron chi connectivity index (χ1n) is 5.90. The SMILES string of the molecule is CCC=COCCC[SiH](C)O[Si](C)(C)C. The van der Waals surface area contributed by atoms with E-state index >= 15 is 0 Å². The van der Waals surface area contributed by atoms with Crippen LogP contribution in [0.3, 0.4) is 0 Å². The lowest BCUT2D eigenvalue weighted by Crippen LogP contribution is -2.33. The van der Waals surface area contributed by atoms with Crippen LogP contribution < -0.4 is 0 Å². The van der Waals surface area contributed by atoms with Gasteiger partial charge in [-0.25, -0.2) is 0 Å². The van der Waals surface area contributed by atoms with Crippen molar-refractivity contribution in [3.63, 3.8) is 0 Å². The maximum absolute atomic E-state index is 6.07. The van der Waals surface area contributed by atoms with Crippen LogP contribution in [0, 0.1) is 0 Å². The molecule has 0 heterocycles. The van der Waals surface area contributed by atoms with Crippen molar-refractivity contribution in [2.75, 3.05) is 6.61 Å². The second-order valence-electron chi connectivity index (χ2n) is 4.83. The molecule has 90 valence electrons. The van der Waals surface area contributed by atoms with Gasteiger partial charge in [-0.3, -0.25) is 0 Å². The zero-order chi connectivity index (χ0) is 11.7. The van der Waals surface area contributed by atoms with E-state index in [0.717, 1.165) is 19.4 Å². The molecule has 0 N–H and O–H groups in total. The van der Waals surface area contributed by atoms with Crippen molar-refractivity contribution < 1.29 is 8.85 Å². The molecule has 0 saturated heterocycles. The summed E-state index contributed by atoms with van der Waals surface area (Å²) in [6, 6.07) is 1.23. The first-order chi connectivity index (χ1) is 6.95. The van der Waals surface area contributed by atoms with Crippen LogP contribution >= 0.6 is 0 Å². The van der Waals surface area contributed by atoms with Crippen molar-refractivity contribution in [3.8, 4) is 0 Å². The Morgan fingerprint density at radius 1 is 1.27 bits per heavy atom. The maximum Gasteiger partial charge on any atom is 0.170 e. The molecule has 1 atom stereocenters. The minimum atomic E-state index is -1.29. The van der Waals surface area contributed by atoms with Gasteiger partial charge < -0.3 is 8.85 Å². The molecular formula is C11H26O2Si2. The Morgan fingerprint density at radius 2 is 1.93 bits per heavy atom. The fourth-order valence-corrected chi connectivity index (χ4v) is 7.39. The standard InChI is InChI=1S/C11H26O2Si2/c1-6-7-9-12-10-8-11-14(2)13-15(3,4)5/h7,9,14H,6,8,10-11H2,1-5H3. The van der Waals surface area contributed by atoms with Crippen LogP contribution in [-0.4, -0.2) is 24.0 Å². The first kappa shape index (κ1) is 14.9. The van der Waals surface area contributed by atoms with Crippen LogP contribution in [-0.2, 0) is 8.85 Å². The van der Waals surface area contributed by atoms with Crippen LogP contribution in [0.1, 0.15) is 19.8 Å². The van der Waals surface area contributed by atoms with Gasteiger partial charge in [0, 0.05) is 0 Å². The summed E-state index contributed by atoms with van der Waals surface area (Å²) < 4.78 is 11.4. The summed E-state index contributed by atoms with van der Waals surface area (Å²) in [5.41, 5.74) is 0. The van der Waals surface area contributed by atoms with Gasteiger partial charge in [0.25, 0.3) is 0 Å². The van der Waals surface area contributed by atoms with Gasteiger partial charge in [-0.05, 0) is 45.1 Å². The van der Waals surface area contributed by atoms with E-state index in [1.165, 1.54) is 6.04 Å². The Labute approximate surface area is 97.5 Å². The fraction of sp³-hybridized carbons (Fsp3) is 0.818. The molecule has 0 aromatic rings. The predicted molar refractivity (Wildman–Crippen MR) is 72.3 cm³/mol. The fourth-order valence-electron chi connectivity index (χ4n) is 1.35. The van der Waals surface area contributed by atoms with Crippen LogP contribution in [0.5, 0.6) is 0 Å². The average molecular weight is 246 g/mol. The van der Waals surface area contributed by atoms with Gasteiger partial charge in [0.15, 0.2) is 17.4 Å². The van der Waals surface area contributed by atoms with E-state index < -0.39 is 17.4 Å². The molecule has 0 aliphatic heterocycles. The molecule has 0 amide bonds. The lowest BCUT2D eigenvalue weighted by molar-refractivity contribution is 0.248. The average Bonchev–Trinajstić information content (AvgIpc) is 2.08. The van der Waals surface area contributed by atoms with Crippen LogP contribution in [0.2, 0.25) is 32.2 Å². The van der Waals surface area contributed by atoms with Gasteiger partial charge in [-0.1, -0.05) is 13.0 Å². The normalized spacial score (nSPS) is 14.5. The highest BCUT2D eigenvalue weighted by atomic mass is 28.4. The van der Waals surface area contributed by atoms with E-state index in [2.05, 4.69) is 33.1 Å². The van der Waals surface area contributed by atoms with Crippen LogP contribution in [0.15, 0.2) is 12.3 Å². The highest BCUT2D eigenvalue weighted by Crippen LogP contribution is 2.09. The monoisotopic (exact) mass is 246 g/mol. The summed E-state index contributed by atoms with van der Waals surface area (Å²) in [4.78, 5) is 0. The third-order valence-electron chi connectivity index (χ3n) is 1.86. The Hall–Kier alpha value is -0.0662. The highest BCUT2D eigenvalue weighted by Gasteiger charge is 2.18. The molecule has 4 heteroatoms. The molecule has 0 aromatic heterocycles. The van der Waals surface area contributed by atoms with Gasteiger partial charge >= 0.3 is 0 Å². The lowest BCUT2D eigenvalue weighted by Gasteiger charge is -2.22. The van der Waals surface area contributed by atoms with Crippen LogP contribution in [0.25, 0.3) is 0 Å². The second kappa shape index (κ2) is 8.13. The summed E-state index contributed by atoms with van der Waals surface area (Å²) >= 11 is 0. The highest BCUT2D eigenvalue weighted by molar-refractivity contribution is 6.77. The molecular weight excluding hydrogens is 220 g/mol. The van der Waals surface area contributed by atoms with E-state index in [0.29, 0.717) is 0 Å². The smallest absolute Gasteiger partial charge is 0.170 e. The van der Waals surface area contributed by atoms with E-state index in [-0.39, 0.29) is 0 Å². The minimum absolute atomic E-state index is 0.836.